The molecule has 1 N–H and O–H groups in total. The molecule has 30 heavy (non-hydrogen) atoms. The number of carbonyl (C=O) groups is 2. The van der Waals surface area contributed by atoms with Crippen LogP contribution in [0.3, 0.4) is 0 Å². The zero-order valence-electron chi connectivity index (χ0n) is 16.8. The van der Waals surface area contributed by atoms with Crippen LogP contribution in [0.5, 0.6) is 5.75 Å². The van der Waals surface area contributed by atoms with Gasteiger partial charge in [-0.25, -0.2) is 0 Å². The van der Waals surface area contributed by atoms with Crippen LogP contribution >= 0.6 is 0 Å². The van der Waals surface area contributed by atoms with Crippen molar-refractivity contribution in [2.24, 2.45) is 0 Å². The van der Waals surface area contributed by atoms with Crippen LogP contribution in [0.4, 0.5) is 0 Å². The first-order valence-corrected chi connectivity index (χ1v) is 9.60. The molecule has 0 bridgehead atoms. The third-order valence-electron chi connectivity index (χ3n) is 4.78. The third kappa shape index (κ3) is 4.41. The van der Waals surface area contributed by atoms with Gasteiger partial charge in [0.1, 0.15) is 18.1 Å². The predicted octanol–water partition coefficient (Wildman–Crippen LogP) is 3.10. The van der Waals surface area contributed by atoms with Crippen LogP contribution in [-0.2, 0) is 14.3 Å². The molecule has 2 heterocycles. The van der Waals surface area contributed by atoms with E-state index in [0.717, 1.165) is 0 Å². The molecule has 7 heteroatoms. The van der Waals surface area contributed by atoms with Crippen LogP contribution in [0.25, 0.3) is 5.76 Å². The van der Waals surface area contributed by atoms with Crippen molar-refractivity contribution in [3.63, 3.8) is 0 Å². The van der Waals surface area contributed by atoms with Crippen LogP contribution in [-0.4, -0.2) is 53.5 Å². The second kappa shape index (κ2) is 9.84. The Hall–Kier alpha value is -3.45. The number of aliphatic hydroxyl groups is 1. The summed E-state index contributed by atoms with van der Waals surface area (Å²) in [6.45, 7) is 4.74. The topological polar surface area (TPSA) is 89.0 Å². The van der Waals surface area contributed by atoms with Gasteiger partial charge in [-0.15, -0.1) is 0 Å². The van der Waals surface area contributed by atoms with E-state index < -0.39 is 17.7 Å². The molecule has 0 spiro atoms. The van der Waals surface area contributed by atoms with Gasteiger partial charge >= 0.3 is 0 Å². The highest BCUT2D eigenvalue weighted by molar-refractivity contribution is 6.46. The van der Waals surface area contributed by atoms with Crippen molar-refractivity contribution in [3.8, 4) is 5.75 Å². The van der Waals surface area contributed by atoms with E-state index in [1.54, 1.807) is 62.0 Å². The van der Waals surface area contributed by atoms with Crippen molar-refractivity contribution in [1.82, 2.24) is 9.88 Å². The number of amides is 1. The highest BCUT2D eigenvalue weighted by atomic mass is 16.5. The summed E-state index contributed by atoms with van der Waals surface area (Å²) in [5.41, 5.74) is 1.12. The quantitative estimate of drug-likeness (QED) is 0.225. The lowest BCUT2D eigenvalue weighted by Crippen LogP contribution is -2.31. The van der Waals surface area contributed by atoms with Gasteiger partial charge in [0, 0.05) is 38.2 Å². The number of Topliss-reactive ketones (excluding diaryl/α,β-unsaturated/α-hetero) is 1. The Bertz CT molecular complexity index is 938. The fourth-order valence-corrected chi connectivity index (χ4v) is 3.39. The highest BCUT2D eigenvalue weighted by Crippen LogP contribution is 2.39. The number of nitrogens with zero attached hydrogens (tertiary/aromatic N) is 2. The number of hydrogen-bond acceptors (Lipinski definition) is 6. The second-order valence-electron chi connectivity index (χ2n) is 6.75. The monoisotopic (exact) mass is 408 g/mol. The van der Waals surface area contributed by atoms with Crippen LogP contribution in [0.2, 0.25) is 0 Å². The minimum atomic E-state index is -0.717. The fourth-order valence-electron chi connectivity index (χ4n) is 3.39. The van der Waals surface area contributed by atoms with Gasteiger partial charge in [0.05, 0.1) is 11.6 Å². The Morgan fingerprint density at radius 2 is 2.03 bits per heavy atom. The number of ketones is 1. The second-order valence-corrected chi connectivity index (χ2v) is 6.75. The van der Waals surface area contributed by atoms with Gasteiger partial charge in [-0.1, -0.05) is 18.7 Å². The van der Waals surface area contributed by atoms with E-state index in [4.69, 9.17) is 9.47 Å². The molecule has 1 atom stereocenters. The number of aromatic nitrogens is 1. The lowest BCUT2D eigenvalue weighted by molar-refractivity contribution is -0.140. The van der Waals surface area contributed by atoms with Crippen LogP contribution in [0.15, 0.2) is 67.0 Å². The SMILES string of the molecule is C=CCOc1ccc(/C(O)=C2\C(=O)C(=O)N(CCCOC)C2c2cccnc2)cc1. The average molecular weight is 408 g/mol. The molecular formula is C23H24N2O5. The van der Waals surface area contributed by atoms with Gasteiger partial charge in [0.2, 0.25) is 0 Å². The Balaban J connectivity index is 2.01. The number of carbonyl (C=O) groups excluding carboxylic acids is 2. The lowest BCUT2D eigenvalue weighted by atomic mass is 9.96. The Morgan fingerprint density at radius 1 is 1.27 bits per heavy atom. The molecule has 2 aromatic rings. The summed E-state index contributed by atoms with van der Waals surface area (Å²) >= 11 is 0. The first-order valence-electron chi connectivity index (χ1n) is 9.60. The number of methoxy groups -OCH3 is 1. The molecule has 0 radical (unpaired) electrons. The summed E-state index contributed by atoms with van der Waals surface area (Å²) < 4.78 is 10.5. The standard InChI is InChI=1S/C23H24N2O5/c1-3-13-30-18-9-7-16(8-10-18)21(26)19-20(17-6-4-11-24-15-17)25(12-5-14-29-2)23(28)22(19)27/h3-4,6-11,15,20,26H,1,5,12-14H2,2H3/b21-19+. The van der Waals surface area contributed by atoms with E-state index in [1.807, 2.05) is 0 Å². The van der Waals surface area contributed by atoms with Crippen molar-refractivity contribution in [1.29, 1.82) is 0 Å². The number of ether oxygens (including phenoxy) is 2. The van der Waals surface area contributed by atoms with Gasteiger partial charge in [0.25, 0.3) is 11.7 Å². The maximum atomic E-state index is 12.9. The van der Waals surface area contributed by atoms with Crippen molar-refractivity contribution in [2.75, 3.05) is 26.9 Å². The van der Waals surface area contributed by atoms with Gasteiger partial charge < -0.3 is 19.5 Å². The normalized spacial score (nSPS) is 17.9. The minimum absolute atomic E-state index is 0.0465. The first-order chi connectivity index (χ1) is 14.6. The molecule has 0 aliphatic carbocycles. The van der Waals surface area contributed by atoms with Crippen molar-refractivity contribution in [3.05, 3.63) is 78.1 Å². The summed E-state index contributed by atoms with van der Waals surface area (Å²) in [5.74, 6) is -0.986. The van der Waals surface area contributed by atoms with E-state index in [0.29, 0.717) is 43.1 Å². The minimum Gasteiger partial charge on any atom is -0.507 e. The maximum absolute atomic E-state index is 12.9. The highest BCUT2D eigenvalue weighted by Gasteiger charge is 2.45. The molecule has 1 fully saturated rings. The Morgan fingerprint density at radius 3 is 2.67 bits per heavy atom. The van der Waals surface area contributed by atoms with E-state index in [2.05, 4.69) is 11.6 Å². The van der Waals surface area contributed by atoms with E-state index in [9.17, 15) is 14.7 Å². The number of benzene rings is 1. The number of rotatable bonds is 9. The van der Waals surface area contributed by atoms with Gasteiger partial charge in [-0.3, -0.25) is 14.6 Å². The van der Waals surface area contributed by atoms with Crippen LogP contribution in [0.1, 0.15) is 23.6 Å². The summed E-state index contributed by atoms with van der Waals surface area (Å²) in [5, 5.41) is 11.0. The van der Waals surface area contributed by atoms with Crippen molar-refractivity contribution < 1.29 is 24.2 Å². The molecule has 1 unspecified atom stereocenters. The van der Waals surface area contributed by atoms with E-state index in [1.165, 1.54) is 4.90 Å². The molecule has 1 amide bonds. The largest absolute Gasteiger partial charge is 0.507 e. The summed E-state index contributed by atoms with van der Waals surface area (Å²) in [7, 11) is 1.58. The molecule has 3 rings (SSSR count). The summed E-state index contributed by atoms with van der Waals surface area (Å²) in [6.07, 6.45) is 5.41. The molecule has 1 aliphatic rings. The Kier molecular flexibility index (Phi) is 6.98. The molecule has 1 aliphatic heterocycles. The summed E-state index contributed by atoms with van der Waals surface area (Å²) in [6, 6.07) is 9.47. The third-order valence-corrected chi connectivity index (χ3v) is 4.78. The number of aliphatic hydroxyl groups excluding tert-OH is 1. The molecule has 7 nitrogen and oxygen atoms in total. The van der Waals surface area contributed by atoms with Crippen LogP contribution < -0.4 is 4.74 Å². The smallest absolute Gasteiger partial charge is 0.295 e. The maximum Gasteiger partial charge on any atom is 0.295 e. The molecule has 0 saturated carbocycles. The van der Waals surface area contributed by atoms with E-state index >= 15 is 0 Å². The van der Waals surface area contributed by atoms with Gasteiger partial charge in [0.15, 0.2) is 0 Å². The van der Waals surface area contributed by atoms with Gasteiger partial charge in [-0.2, -0.15) is 0 Å². The zero-order chi connectivity index (χ0) is 21.5. The van der Waals surface area contributed by atoms with Crippen LogP contribution in [0, 0.1) is 0 Å². The molecule has 156 valence electrons. The number of likely N-dealkylation sites (tertiary alicyclic amines) is 1. The number of pyridine rings is 1. The molecule has 1 aromatic heterocycles. The van der Waals surface area contributed by atoms with Crippen molar-refractivity contribution >= 4 is 17.4 Å². The predicted molar refractivity (Wildman–Crippen MR) is 112 cm³/mol. The zero-order valence-corrected chi connectivity index (χ0v) is 16.8. The van der Waals surface area contributed by atoms with E-state index in [-0.39, 0.29) is 11.3 Å². The summed E-state index contributed by atoms with van der Waals surface area (Å²) in [4.78, 5) is 31.2. The molecule has 1 saturated heterocycles. The molecule has 1 aromatic carbocycles. The average Bonchev–Trinajstić information content (AvgIpc) is 3.03. The lowest BCUT2D eigenvalue weighted by Gasteiger charge is -2.25. The molecular weight excluding hydrogens is 384 g/mol. The Labute approximate surface area is 175 Å². The van der Waals surface area contributed by atoms with Gasteiger partial charge in [-0.05, 0) is 42.3 Å². The van der Waals surface area contributed by atoms with Crippen molar-refractivity contribution in [2.45, 2.75) is 12.5 Å². The number of hydrogen-bond donors (Lipinski definition) is 1. The first kappa shape index (κ1) is 21.3. The fraction of sp³-hybridized carbons (Fsp3) is 0.261.